The van der Waals surface area contributed by atoms with Crippen LogP contribution >= 0.6 is 24.0 Å². The molecule has 0 saturated heterocycles. The molecule has 0 saturated carbocycles. The lowest BCUT2D eigenvalue weighted by molar-refractivity contribution is 0.0827. The highest BCUT2D eigenvalue weighted by Gasteiger charge is 2.15. The van der Waals surface area contributed by atoms with E-state index in [4.69, 9.17) is 4.74 Å². The molecule has 30 heavy (non-hydrogen) atoms. The molecule has 1 rings (SSSR count). The number of hydrogen-bond acceptors (Lipinski definition) is 4. The molecule has 1 atom stereocenters. The summed E-state index contributed by atoms with van der Waals surface area (Å²) >= 11 is 0. The van der Waals surface area contributed by atoms with Gasteiger partial charge in [-0.25, -0.2) is 4.79 Å². The Labute approximate surface area is 197 Å². The van der Waals surface area contributed by atoms with Gasteiger partial charge in [0.25, 0.3) is 5.91 Å². The standard InChI is InChI=1S/C21H35N5O3.HI/c1-7-29-21(28)25-18(12-15(2)3)14-24-20(22-4)23-13-16-8-10-17(11-9-16)19(27)26(5)6;/h8-11,15,18H,7,12-14H2,1-6H3,(H,25,28)(H2,22,23,24);1H. The van der Waals surface area contributed by atoms with E-state index >= 15 is 0 Å². The number of alkyl carbamates (subject to hydrolysis) is 1. The van der Waals surface area contributed by atoms with Crippen LogP contribution in [0.4, 0.5) is 4.79 Å². The fourth-order valence-electron chi connectivity index (χ4n) is 2.75. The molecule has 2 amide bonds. The van der Waals surface area contributed by atoms with E-state index in [0.717, 1.165) is 12.0 Å². The summed E-state index contributed by atoms with van der Waals surface area (Å²) in [5.74, 6) is 1.05. The molecule has 1 aromatic rings. The highest BCUT2D eigenvalue weighted by atomic mass is 127. The molecular formula is C21H36IN5O3. The topological polar surface area (TPSA) is 95.1 Å². The molecule has 0 aliphatic carbocycles. The van der Waals surface area contributed by atoms with Crippen molar-refractivity contribution in [3.05, 3.63) is 35.4 Å². The molecule has 0 aliphatic heterocycles. The lowest BCUT2D eigenvalue weighted by Crippen LogP contribution is -2.47. The van der Waals surface area contributed by atoms with Crippen LogP contribution in [0.5, 0.6) is 0 Å². The molecule has 9 heteroatoms. The third-order valence-corrected chi connectivity index (χ3v) is 4.16. The maximum atomic E-state index is 12.0. The Bertz CT molecular complexity index is 678. The summed E-state index contributed by atoms with van der Waals surface area (Å²) < 4.78 is 4.98. The molecule has 0 aromatic heterocycles. The van der Waals surface area contributed by atoms with Crippen LogP contribution in [-0.4, -0.2) is 63.2 Å². The average Bonchev–Trinajstić information content (AvgIpc) is 2.67. The number of carbonyl (C=O) groups excluding carboxylic acids is 2. The van der Waals surface area contributed by atoms with Crippen molar-refractivity contribution in [2.24, 2.45) is 10.9 Å². The molecule has 0 bridgehead atoms. The Morgan fingerprint density at radius 3 is 2.27 bits per heavy atom. The third kappa shape index (κ3) is 10.7. The molecule has 3 N–H and O–H groups in total. The largest absolute Gasteiger partial charge is 0.450 e. The van der Waals surface area contributed by atoms with Gasteiger partial charge in [-0.2, -0.15) is 0 Å². The van der Waals surface area contributed by atoms with Crippen molar-refractivity contribution in [1.82, 2.24) is 20.9 Å². The van der Waals surface area contributed by atoms with E-state index in [0.29, 0.717) is 37.1 Å². The second-order valence-corrected chi connectivity index (χ2v) is 7.39. The van der Waals surface area contributed by atoms with Gasteiger partial charge < -0.3 is 25.6 Å². The van der Waals surface area contributed by atoms with Crippen LogP contribution in [0.25, 0.3) is 0 Å². The van der Waals surface area contributed by atoms with Crippen LogP contribution in [0, 0.1) is 5.92 Å². The van der Waals surface area contributed by atoms with Crippen molar-refractivity contribution < 1.29 is 14.3 Å². The number of ether oxygens (including phenoxy) is 1. The van der Waals surface area contributed by atoms with Crippen LogP contribution in [-0.2, 0) is 11.3 Å². The average molecular weight is 533 g/mol. The zero-order chi connectivity index (χ0) is 21.8. The summed E-state index contributed by atoms with van der Waals surface area (Å²) in [5.41, 5.74) is 1.69. The van der Waals surface area contributed by atoms with Gasteiger partial charge in [-0.05, 0) is 37.0 Å². The van der Waals surface area contributed by atoms with Crippen LogP contribution in [0.3, 0.4) is 0 Å². The first-order valence-corrected chi connectivity index (χ1v) is 9.95. The van der Waals surface area contributed by atoms with Crippen molar-refractivity contribution in [3.8, 4) is 0 Å². The van der Waals surface area contributed by atoms with Gasteiger partial charge in [-0.1, -0.05) is 26.0 Å². The second-order valence-electron chi connectivity index (χ2n) is 7.39. The predicted molar refractivity (Wildman–Crippen MR) is 131 cm³/mol. The molecule has 0 heterocycles. The number of amides is 2. The fraction of sp³-hybridized carbons (Fsp3) is 0.571. The lowest BCUT2D eigenvalue weighted by atomic mass is 10.0. The highest BCUT2D eigenvalue weighted by molar-refractivity contribution is 14.0. The molecule has 1 unspecified atom stereocenters. The van der Waals surface area contributed by atoms with Crippen LogP contribution in [0.15, 0.2) is 29.3 Å². The normalized spacial score (nSPS) is 11.9. The Balaban J connectivity index is 0.00000841. The van der Waals surface area contributed by atoms with Crippen molar-refractivity contribution in [2.75, 3.05) is 34.3 Å². The van der Waals surface area contributed by atoms with E-state index in [1.807, 2.05) is 24.3 Å². The number of guanidine groups is 1. The molecular weight excluding hydrogens is 497 g/mol. The fourth-order valence-corrected chi connectivity index (χ4v) is 2.75. The van der Waals surface area contributed by atoms with E-state index in [2.05, 4.69) is 34.8 Å². The maximum absolute atomic E-state index is 12.0. The van der Waals surface area contributed by atoms with Gasteiger partial charge in [0.1, 0.15) is 0 Å². The predicted octanol–water partition coefficient (Wildman–Crippen LogP) is 2.83. The third-order valence-electron chi connectivity index (χ3n) is 4.16. The van der Waals surface area contributed by atoms with E-state index < -0.39 is 6.09 Å². The van der Waals surface area contributed by atoms with E-state index in [1.54, 1.807) is 33.0 Å². The summed E-state index contributed by atoms with van der Waals surface area (Å²) in [6.45, 7) is 7.44. The number of hydrogen-bond donors (Lipinski definition) is 3. The lowest BCUT2D eigenvalue weighted by Gasteiger charge is -2.22. The summed E-state index contributed by atoms with van der Waals surface area (Å²) in [5, 5.41) is 9.37. The first-order valence-electron chi connectivity index (χ1n) is 9.95. The van der Waals surface area contributed by atoms with Gasteiger partial charge in [0, 0.05) is 45.8 Å². The number of aliphatic imine (C=N–C) groups is 1. The molecule has 0 radical (unpaired) electrons. The summed E-state index contributed by atoms with van der Waals surface area (Å²) in [6, 6.07) is 7.40. The smallest absolute Gasteiger partial charge is 0.407 e. The number of nitrogens with one attached hydrogen (secondary N) is 3. The SMILES string of the molecule is CCOC(=O)NC(CNC(=NC)NCc1ccc(C(=O)N(C)C)cc1)CC(C)C.I. The summed E-state index contributed by atoms with van der Waals surface area (Å²) in [7, 11) is 5.16. The van der Waals surface area contributed by atoms with Crippen molar-refractivity contribution in [1.29, 1.82) is 0 Å². The molecule has 8 nitrogen and oxygen atoms in total. The number of rotatable bonds is 9. The van der Waals surface area contributed by atoms with Crippen molar-refractivity contribution >= 4 is 41.9 Å². The Kier molecular flexibility index (Phi) is 13.9. The van der Waals surface area contributed by atoms with Gasteiger partial charge in [-0.3, -0.25) is 9.79 Å². The summed E-state index contributed by atoms with van der Waals surface area (Å²) in [4.78, 5) is 29.5. The van der Waals surface area contributed by atoms with Gasteiger partial charge in [0.05, 0.1) is 6.61 Å². The second kappa shape index (κ2) is 14.9. The molecule has 0 spiro atoms. The zero-order valence-corrected chi connectivity index (χ0v) is 21.2. The maximum Gasteiger partial charge on any atom is 0.407 e. The molecule has 1 aromatic carbocycles. The number of carbonyl (C=O) groups is 2. The van der Waals surface area contributed by atoms with E-state index in [-0.39, 0.29) is 35.9 Å². The minimum Gasteiger partial charge on any atom is -0.450 e. The van der Waals surface area contributed by atoms with Crippen molar-refractivity contribution in [2.45, 2.75) is 39.8 Å². The van der Waals surface area contributed by atoms with Gasteiger partial charge in [0.15, 0.2) is 5.96 Å². The Hall–Kier alpha value is -2.04. The number of benzene rings is 1. The highest BCUT2D eigenvalue weighted by Crippen LogP contribution is 2.07. The first-order chi connectivity index (χ1) is 13.8. The van der Waals surface area contributed by atoms with Crippen molar-refractivity contribution in [3.63, 3.8) is 0 Å². The van der Waals surface area contributed by atoms with E-state index in [9.17, 15) is 9.59 Å². The first kappa shape index (κ1) is 28.0. The monoisotopic (exact) mass is 533 g/mol. The van der Waals surface area contributed by atoms with Crippen LogP contribution in [0.1, 0.15) is 43.1 Å². The molecule has 170 valence electrons. The van der Waals surface area contributed by atoms with Crippen LogP contribution in [0.2, 0.25) is 0 Å². The quantitative estimate of drug-likeness (QED) is 0.258. The number of nitrogens with zero attached hydrogens (tertiary/aromatic N) is 2. The van der Waals surface area contributed by atoms with Gasteiger partial charge in [-0.15, -0.1) is 24.0 Å². The molecule has 0 fully saturated rings. The number of halogens is 1. The Morgan fingerprint density at radius 1 is 1.13 bits per heavy atom. The van der Waals surface area contributed by atoms with Crippen LogP contribution < -0.4 is 16.0 Å². The summed E-state index contributed by atoms with van der Waals surface area (Å²) in [6.07, 6.45) is 0.416. The minimum atomic E-state index is -0.407. The molecule has 0 aliphatic rings. The van der Waals surface area contributed by atoms with Gasteiger partial charge in [0.2, 0.25) is 0 Å². The Morgan fingerprint density at radius 2 is 1.77 bits per heavy atom. The van der Waals surface area contributed by atoms with Gasteiger partial charge >= 0.3 is 6.09 Å². The van der Waals surface area contributed by atoms with E-state index in [1.165, 1.54) is 0 Å². The minimum absolute atomic E-state index is 0. The zero-order valence-electron chi connectivity index (χ0n) is 18.8.